The van der Waals surface area contributed by atoms with E-state index < -0.39 is 42.3 Å². The fourth-order valence-electron chi connectivity index (χ4n) is 2.20. The third-order valence-electron chi connectivity index (χ3n) is 3.20. The standard InChI is InChI=1S/C10H11N3O6S/c14-1-2-5(15)6(16)7(19-2)8-3-4(13-20-8)9(17)12-10(18)11-3/h2,5-7,14-16H,1H2,(H2,11,12,17,18)/t2-,5-,6-,7-/m1/s1. The number of aliphatic hydroxyl groups excluding tert-OH is 3. The van der Waals surface area contributed by atoms with Crippen molar-refractivity contribution in [3.63, 3.8) is 0 Å². The van der Waals surface area contributed by atoms with E-state index in [9.17, 15) is 19.8 Å². The van der Waals surface area contributed by atoms with E-state index in [1.54, 1.807) is 0 Å². The van der Waals surface area contributed by atoms with Gasteiger partial charge in [0.05, 0.1) is 17.0 Å². The van der Waals surface area contributed by atoms with E-state index in [0.717, 1.165) is 11.5 Å². The number of aromatic nitrogens is 3. The van der Waals surface area contributed by atoms with Gasteiger partial charge in [0.15, 0.2) is 5.52 Å². The van der Waals surface area contributed by atoms with Crippen LogP contribution in [0.5, 0.6) is 0 Å². The first kappa shape index (κ1) is 13.4. The summed E-state index contributed by atoms with van der Waals surface area (Å²) in [5.41, 5.74) is -1.14. The Balaban J connectivity index is 2.12. The van der Waals surface area contributed by atoms with Gasteiger partial charge in [0.2, 0.25) is 0 Å². The second-order valence-corrected chi connectivity index (χ2v) is 5.24. The first-order valence-corrected chi connectivity index (χ1v) is 6.54. The highest BCUT2D eigenvalue weighted by Gasteiger charge is 2.44. The largest absolute Gasteiger partial charge is 0.394 e. The minimum absolute atomic E-state index is 0.0299. The molecular formula is C10H11N3O6S. The number of aliphatic hydroxyl groups is 3. The molecular weight excluding hydrogens is 290 g/mol. The highest BCUT2D eigenvalue weighted by molar-refractivity contribution is 7.07. The first-order valence-electron chi connectivity index (χ1n) is 5.77. The van der Waals surface area contributed by atoms with Gasteiger partial charge in [-0.05, 0) is 11.5 Å². The summed E-state index contributed by atoms with van der Waals surface area (Å²) in [6.07, 6.45) is -4.43. The topological polar surface area (TPSA) is 149 Å². The molecule has 0 aliphatic carbocycles. The molecule has 3 rings (SSSR count). The molecule has 9 nitrogen and oxygen atoms in total. The van der Waals surface area contributed by atoms with Crippen LogP contribution >= 0.6 is 11.5 Å². The Bertz CT molecular complexity index is 751. The summed E-state index contributed by atoms with van der Waals surface area (Å²) in [6.45, 7) is -0.456. The number of nitrogens with one attached hydrogen (secondary N) is 2. The predicted octanol–water partition coefficient (Wildman–Crippen LogP) is -2.17. The van der Waals surface area contributed by atoms with Gasteiger partial charge in [-0.25, -0.2) is 4.79 Å². The number of aromatic amines is 2. The number of hydrogen-bond acceptors (Lipinski definition) is 8. The Kier molecular flexibility index (Phi) is 3.18. The Morgan fingerprint density at radius 1 is 1.25 bits per heavy atom. The van der Waals surface area contributed by atoms with Crippen molar-refractivity contribution in [2.24, 2.45) is 0 Å². The van der Waals surface area contributed by atoms with Crippen molar-refractivity contribution in [3.05, 3.63) is 25.7 Å². The maximum Gasteiger partial charge on any atom is 0.326 e. The molecule has 0 radical (unpaired) electrons. The van der Waals surface area contributed by atoms with E-state index in [4.69, 9.17) is 9.84 Å². The van der Waals surface area contributed by atoms with Crippen LogP contribution < -0.4 is 11.2 Å². The monoisotopic (exact) mass is 301 g/mol. The summed E-state index contributed by atoms with van der Waals surface area (Å²) in [4.78, 5) is 27.7. The fraction of sp³-hybridized carbons (Fsp3) is 0.500. The molecule has 1 fully saturated rings. The number of H-pyrrole nitrogens is 2. The lowest BCUT2D eigenvalue weighted by Gasteiger charge is -2.12. The van der Waals surface area contributed by atoms with E-state index >= 15 is 0 Å². The molecule has 0 aromatic carbocycles. The third kappa shape index (κ3) is 1.89. The van der Waals surface area contributed by atoms with Crippen LogP contribution in [-0.2, 0) is 4.74 Å². The van der Waals surface area contributed by atoms with Crippen molar-refractivity contribution in [1.29, 1.82) is 0 Å². The van der Waals surface area contributed by atoms with Crippen LogP contribution in [0.15, 0.2) is 9.59 Å². The zero-order valence-corrected chi connectivity index (χ0v) is 10.8. The SMILES string of the molecule is O=c1[nH]c(=O)c2nsc([C@@H]3O[C@H](CO)[C@@H](O)[C@H]3O)c2[nH]1. The van der Waals surface area contributed by atoms with Gasteiger partial charge in [-0.2, -0.15) is 4.37 Å². The zero-order chi connectivity index (χ0) is 14.4. The summed E-state index contributed by atoms with van der Waals surface area (Å²) in [6, 6.07) is 0. The average molecular weight is 301 g/mol. The highest BCUT2D eigenvalue weighted by Crippen LogP contribution is 2.37. The van der Waals surface area contributed by atoms with Gasteiger partial charge in [-0.1, -0.05) is 0 Å². The van der Waals surface area contributed by atoms with Crippen LogP contribution in [0.1, 0.15) is 11.0 Å². The van der Waals surface area contributed by atoms with Crippen molar-refractivity contribution in [2.75, 3.05) is 6.61 Å². The molecule has 20 heavy (non-hydrogen) atoms. The lowest BCUT2D eigenvalue weighted by molar-refractivity contribution is -0.0215. The minimum atomic E-state index is -1.28. The van der Waals surface area contributed by atoms with E-state index in [2.05, 4.69) is 9.36 Å². The second-order valence-electron chi connectivity index (χ2n) is 4.44. The Morgan fingerprint density at radius 3 is 2.65 bits per heavy atom. The van der Waals surface area contributed by atoms with Gasteiger partial charge < -0.3 is 25.0 Å². The summed E-state index contributed by atoms with van der Waals surface area (Å²) in [7, 11) is 0. The Morgan fingerprint density at radius 2 is 2.00 bits per heavy atom. The number of hydrogen-bond donors (Lipinski definition) is 5. The highest BCUT2D eigenvalue weighted by atomic mass is 32.1. The van der Waals surface area contributed by atoms with E-state index in [-0.39, 0.29) is 11.0 Å². The average Bonchev–Trinajstić information content (AvgIpc) is 2.93. The van der Waals surface area contributed by atoms with Crippen LogP contribution in [0.25, 0.3) is 11.0 Å². The normalized spacial score (nSPS) is 30.1. The molecule has 108 valence electrons. The maximum atomic E-state index is 11.6. The van der Waals surface area contributed by atoms with Gasteiger partial charge in [0.25, 0.3) is 5.56 Å². The van der Waals surface area contributed by atoms with Crippen LogP contribution in [0.3, 0.4) is 0 Å². The van der Waals surface area contributed by atoms with Crippen molar-refractivity contribution in [3.8, 4) is 0 Å². The fourth-order valence-corrected chi connectivity index (χ4v) is 3.10. The van der Waals surface area contributed by atoms with Crippen LogP contribution in [-0.4, -0.2) is 54.6 Å². The molecule has 1 aliphatic rings. The molecule has 4 atom stereocenters. The third-order valence-corrected chi connectivity index (χ3v) is 4.11. The molecule has 0 bridgehead atoms. The molecule has 10 heteroatoms. The number of nitrogens with zero attached hydrogens (tertiary/aromatic N) is 1. The van der Waals surface area contributed by atoms with Crippen molar-refractivity contribution >= 4 is 22.6 Å². The van der Waals surface area contributed by atoms with E-state index in [0.29, 0.717) is 4.88 Å². The molecule has 0 saturated carbocycles. The summed E-state index contributed by atoms with van der Waals surface area (Å²) in [5.74, 6) is 0. The van der Waals surface area contributed by atoms with E-state index in [1.807, 2.05) is 4.98 Å². The molecule has 0 spiro atoms. The maximum absolute atomic E-state index is 11.6. The van der Waals surface area contributed by atoms with Gasteiger partial charge in [-0.3, -0.25) is 9.78 Å². The Hall–Kier alpha value is -1.59. The number of ether oxygens (including phenoxy) is 1. The van der Waals surface area contributed by atoms with Gasteiger partial charge in [0.1, 0.15) is 24.4 Å². The Labute approximate surface area is 114 Å². The van der Waals surface area contributed by atoms with Crippen LogP contribution in [0, 0.1) is 0 Å². The predicted molar refractivity (Wildman–Crippen MR) is 67.6 cm³/mol. The molecule has 0 unspecified atom stereocenters. The van der Waals surface area contributed by atoms with E-state index in [1.165, 1.54) is 0 Å². The van der Waals surface area contributed by atoms with Gasteiger partial charge >= 0.3 is 5.69 Å². The van der Waals surface area contributed by atoms with Crippen LogP contribution in [0.4, 0.5) is 0 Å². The van der Waals surface area contributed by atoms with Gasteiger partial charge in [0, 0.05) is 0 Å². The van der Waals surface area contributed by atoms with Crippen molar-refractivity contribution in [2.45, 2.75) is 24.4 Å². The molecule has 5 N–H and O–H groups in total. The molecule has 2 aromatic rings. The molecule has 2 aromatic heterocycles. The minimum Gasteiger partial charge on any atom is -0.394 e. The number of rotatable bonds is 2. The number of fused-ring (bicyclic) bond motifs is 1. The van der Waals surface area contributed by atoms with Crippen molar-refractivity contribution < 1.29 is 20.1 Å². The summed E-state index contributed by atoms with van der Waals surface area (Å²) >= 11 is 0.883. The summed E-state index contributed by atoms with van der Waals surface area (Å²) < 4.78 is 9.26. The molecule has 3 heterocycles. The smallest absolute Gasteiger partial charge is 0.326 e. The zero-order valence-electron chi connectivity index (χ0n) is 9.94. The molecule has 1 aliphatic heterocycles. The van der Waals surface area contributed by atoms with Crippen LogP contribution in [0.2, 0.25) is 0 Å². The lowest BCUT2D eigenvalue weighted by Crippen LogP contribution is -2.32. The first-order chi connectivity index (χ1) is 9.52. The summed E-state index contributed by atoms with van der Waals surface area (Å²) in [5, 5.41) is 28.7. The molecule has 0 amide bonds. The molecule has 1 saturated heterocycles. The second kappa shape index (κ2) is 4.75. The lowest BCUT2D eigenvalue weighted by atomic mass is 10.1. The van der Waals surface area contributed by atoms with Gasteiger partial charge in [-0.15, -0.1) is 0 Å². The quantitative estimate of drug-likeness (QED) is 0.423. The van der Waals surface area contributed by atoms with Crippen molar-refractivity contribution in [1.82, 2.24) is 14.3 Å².